The van der Waals surface area contributed by atoms with Gasteiger partial charge in [-0.25, -0.2) is 0 Å². The van der Waals surface area contributed by atoms with E-state index in [2.05, 4.69) is 50.0 Å². The Morgan fingerprint density at radius 3 is 2.34 bits per heavy atom. The van der Waals surface area contributed by atoms with Crippen LogP contribution in [0.25, 0.3) is 0 Å². The SMILES string of the molecule is O=CC(CC(=O)NNC(=S)Nc1ccccc1Br)C(S)Nc1ccc(NS(=O)(=O)O)cc1. The Morgan fingerprint density at radius 1 is 1.12 bits per heavy atom. The van der Waals surface area contributed by atoms with E-state index in [1.54, 1.807) is 6.07 Å². The van der Waals surface area contributed by atoms with Crippen LogP contribution in [0.2, 0.25) is 0 Å². The molecule has 0 heterocycles. The average Bonchev–Trinajstić information content (AvgIpc) is 2.72. The van der Waals surface area contributed by atoms with Crippen molar-refractivity contribution in [3.8, 4) is 0 Å². The van der Waals surface area contributed by atoms with Gasteiger partial charge in [-0.2, -0.15) is 21.0 Å². The molecule has 0 saturated carbocycles. The summed E-state index contributed by atoms with van der Waals surface area (Å²) in [6.07, 6.45) is 0.438. The van der Waals surface area contributed by atoms with E-state index >= 15 is 0 Å². The molecule has 1 amide bonds. The number of benzene rings is 2. The van der Waals surface area contributed by atoms with Crippen molar-refractivity contribution < 1.29 is 22.6 Å². The van der Waals surface area contributed by atoms with Gasteiger partial charge in [-0.1, -0.05) is 12.1 Å². The Hall–Kier alpha value is -2.39. The summed E-state index contributed by atoms with van der Waals surface area (Å²) < 4.78 is 33.1. The van der Waals surface area contributed by atoms with Crippen molar-refractivity contribution in [1.29, 1.82) is 0 Å². The lowest BCUT2D eigenvalue weighted by Crippen LogP contribution is -2.45. The zero-order valence-corrected chi connectivity index (χ0v) is 20.4. The number of hydrogen-bond donors (Lipinski definition) is 7. The fourth-order valence-corrected chi connectivity index (χ4v) is 3.71. The Balaban J connectivity index is 1.83. The third-order valence-electron chi connectivity index (χ3n) is 3.89. The summed E-state index contributed by atoms with van der Waals surface area (Å²) in [4.78, 5) is 23.7. The maximum absolute atomic E-state index is 12.2. The van der Waals surface area contributed by atoms with E-state index in [9.17, 15) is 18.0 Å². The van der Waals surface area contributed by atoms with Crippen LogP contribution in [-0.4, -0.2) is 35.7 Å². The molecule has 6 N–H and O–H groups in total. The van der Waals surface area contributed by atoms with Crippen LogP contribution in [0.5, 0.6) is 0 Å². The molecule has 32 heavy (non-hydrogen) atoms. The van der Waals surface area contributed by atoms with Gasteiger partial charge < -0.3 is 15.4 Å². The summed E-state index contributed by atoms with van der Waals surface area (Å²) in [7, 11) is -4.37. The number of rotatable bonds is 9. The molecule has 10 nitrogen and oxygen atoms in total. The van der Waals surface area contributed by atoms with E-state index in [1.807, 2.05) is 22.9 Å². The molecule has 2 rings (SSSR count). The van der Waals surface area contributed by atoms with Crippen LogP contribution in [-0.2, 0) is 19.9 Å². The predicted molar refractivity (Wildman–Crippen MR) is 134 cm³/mol. The topological polar surface area (TPSA) is 149 Å². The molecule has 0 aliphatic rings. The molecule has 0 aliphatic carbocycles. The number of aldehydes is 1. The van der Waals surface area contributed by atoms with E-state index in [4.69, 9.17) is 16.8 Å². The molecule has 0 aromatic heterocycles. The first kappa shape index (κ1) is 25.9. The van der Waals surface area contributed by atoms with E-state index in [1.165, 1.54) is 24.3 Å². The van der Waals surface area contributed by atoms with Gasteiger partial charge in [0.1, 0.15) is 6.29 Å². The smallest absolute Gasteiger partial charge is 0.357 e. The highest BCUT2D eigenvalue weighted by Crippen LogP contribution is 2.21. The zero-order chi connectivity index (χ0) is 23.7. The first-order chi connectivity index (χ1) is 15.1. The van der Waals surface area contributed by atoms with E-state index in [0.29, 0.717) is 17.7 Å². The fourth-order valence-electron chi connectivity index (χ4n) is 2.40. The predicted octanol–water partition coefficient (Wildman–Crippen LogP) is 2.55. The van der Waals surface area contributed by atoms with Crippen molar-refractivity contribution in [2.75, 3.05) is 15.4 Å². The summed E-state index contributed by atoms with van der Waals surface area (Å²) in [5.41, 5.74) is 6.37. The summed E-state index contributed by atoms with van der Waals surface area (Å²) in [6, 6.07) is 13.1. The van der Waals surface area contributed by atoms with Gasteiger partial charge in [0.2, 0.25) is 5.91 Å². The van der Waals surface area contributed by atoms with E-state index in [-0.39, 0.29) is 17.2 Å². The average molecular weight is 562 g/mol. The van der Waals surface area contributed by atoms with Gasteiger partial charge in [-0.3, -0.25) is 24.9 Å². The standard InChI is InChI=1S/C18H20BrN5O5S3/c19-14-3-1-2-4-15(14)21-18(31)23-22-16(26)9-11(10-25)17(30)20-12-5-7-13(8-6-12)24-32(27,28)29/h1-8,10-11,17,20,24,30H,9H2,(H,22,26)(H2,21,23,31)(H,27,28,29). The normalized spacial score (nSPS) is 12.7. The first-order valence-corrected chi connectivity index (χ1v) is 12.1. The van der Waals surface area contributed by atoms with Crippen LogP contribution in [0.1, 0.15) is 6.42 Å². The number of anilines is 3. The van der Waals surface area contributed by atoms with Gasteiger partial charge in [0, 0.05) is 16.6 Å². The van der Waals surface area contributed by atoms with Crippen LogP contribution in [0, 0.1) is 5.92 Å². The molecular formula is C18H20BrN5O5S3. The molecule has 2 atom stereocenters. The van der Waals surface area contributed by atoms with Gasteiger partial charge >= 0.3 is 10.3 Å². The van der Waals surface area contributed by atoms with Crippen LogP contribution in [0.15, 0.2) is 53.0 Å². The molecule has 0 bridgehead atoms. The second-order valence-corrected chi connectivity index (χ2v) is 9.33. The minimum atomic E-state index is -4.37. The maximum atomic E-state index is 12.2. The molecule has 0 fully saturated rings. The lowest BCUT2D eigenvalue weighted by atomic mass is 10.1. The van der Waals surface area contributed by atoms with Gasteiger partial charge in [-0.05, 0) is 64.5 Å². The summed E-state index contributed by atoms with van der Waals surface area (Å²) in [6.45, 7) is 0. The Kier molecular flexibility index (Phi) is 9.71. The number of amides is 1. The number of nitrogens with one attached hydrogen (secondary N) is 5. The minimum Gasteiger partial charge on any atom is -0.373 e. The van der Waals surface area contributed by atoms with Crippen LogP contribution < -0.4 is 26.2 Å². The molecule has 0 radical (unpaired) electrons. The molecule has 2 aromatic rings. The number of carbonyl (C=O) groups is 2. The number of thiocarbonyl (C=S) groups is 1. The molecule has 0 saturated heterocycles. The molecule has 14 heteroatoms. The monoisotopic (exact) mass is 561 g/mol. The second kappa shape index (κ2) is 12.0. The number of para-hydroxylation sites is 1. The largest absolute Gasteiger partial charge is 0.373 e. The minimum absolute atomic E-state index is 0.151. The Morgan fingerprint density at radius 2 is 1.75 bits per heavy atom. The Bertz CT molecular complexity index is 1070. The van der Waals surface area contributed by atoms with Crippen molar-refractivity contribution in [1.82, 2.24) is 10.9 Å². The highest BCUT2D eigenvalue weighted by Gasteiger charge is 2.21. The van der Waals surface area contributed by atoms with Gasteiger partial charge in [0.05, 0.1) is 22.7 Å². The number of thiol groups is 1. The lowest BCUT2D eigenvalue weighted by molar-refractivity contribution is -0.124. The number of hydrogen-bond acceptors (Lipinski definition) is 7. The first-order valence-electron chi connectivity index (χ1n) is 8.93. The van der Waals surface area contributed by atoms with E-state index in [0.717, 1.165) is 4.47 Å². The molecular weight excluding hydrogens is 542 g/mol. The van der Waals surface area contributed by atoms with Crippen LogP contribution in [0.3, 0.4) is 0 Å². The summed E-state index contributed by atoms with van der Waals surface area (Å²) in [5, 5.41) is 5.31. The molecule has 0 spiro atoms. The number of hydrazine groups is 1. The van der Waals surface area contributed by atoms with Crippen molar-refractivity contribution in [2.45, 2.75) is 11.8 Å². The molecule has 172 valence electrons. The third kappa shape index (κ3) is 9.00. The van der Waals surface area contributed by atoms with Crippen LogP contribution in [0.4, 0.5) is 17.1 Å². The molecule has 0 aliphatic heterocycles. The quantitative estimate of drug-likeness (QED) is 0.0612. The molecule has 2 aromatic carbocycles. The number of carbonyl (C=O) groups excluding carboxylic acids is 2. The third-order valence-corrected chi connectivity index (χ3v) is 5.79. The van der Waals surface area contributed by atoms with Crippen molar-refractivity contribution >= 4 is 85.4 Å². The summed E-state index contributed by atoms with van der Waals surface area (Å²) >= 11 is 12.8. The fraction of sp³-hybridized carbons (Fsp3) is 0.167. The number of halogens is 1. The highest BCUT2D eigenvalue weighted by atomic mass is 79.9. The van der Waals surface area contributed by atoms with Crippen molar-refractivity contribution in [3.63, 3.8) is 0 Å². The van der Waals surface area contributed by atoms with Gasteiger partial charge in [0.25, 0.3) is 0 Å². The zero-order valence-electron chi connectivity index (χ0n) is 16.3. The molecule has 2 unspecified atom stereocenters. The highest BCUT2D eigenvalue weighted by molar-refractivity contribution is 9.10. The maximum Gasteiger partial charge on any atom is 0.357 e. The summed E-state index contributed by atoms with van der Waals surface area (Å²) in [5.74, 6) is -1.26. The van der Waals surface area contributed by atoms with Crippen LogP contribution >= 0.6 is 40.8 Å². The second-order valence-electron chi connectivity index (χ2n) is 6.35. The van der Waals surface area contributed by atoms with Crippen molar-refractivity contribution in [2.24, 2.45) is 5.92 Å². The van der Waals surface area contributed by atoms with Crippen molar-refractivity contribution in [3.05, 3.63) is 53.0 Å². The van der Waals surface area contributed by atoms with Gasteiger partial charge in [-0.15, -0.1) is 0 Å². The Labute approximate surface area is 204 Å². The van der Waals surface area contributed by atoms with E-state index < -0.39 is 27.5 Å². The van der Waals surface area contributed by atoms with Gasteiger partial charge in [0.15, 0.2) is 5.11 Å². The lowest BCUT2D eigenvalue weighted by Gasteiger charge is -2.21.